The first-order chi connectivity index (χ1) is 19.0. The molecule has 1 aliphatic rings. The number of nitrogens with one attached hydrogen (secondary N) is 1. The van der Waals surface area contributed by atoms with Crippen molar-refractivity contribution >= 4 is 28.1 Å². The molecule has 1 aromatic carbocycles. The van der Waals surface area contributed by atoms with E-state index in [-0.39, 0.29) is 5.91 Å². The van der Waals surface area contributed by atoms with E-state index >= 15 is 0 Å². The molecule has 0 atom stereocenters. The van der Waals surface area contributed by atoms with Crippen molar-refractivity contribution in [1.82, 2.24) is 29.0 Å². The number of amides is 1. The molecule has 1 aliphatic heterocycles. The lowest BCUT2D eigenvalue weighted by Gasteiger charge is -2.38. The molecule has 9 nitrogen and oxygen atoms in total. The average molecular weight is 524 g/mol. The maximum Gasteiger partial charge on any atom is 0.274 e. The van der Waals surface area contributed by atoms with Crippen LogP contribution in [0.1, 0.15) is 40.1 Å². The quantitative estimate of drug-likeness (QED) is 0.313. The van der Waals surface area contributed by atoms with E-state index in [4.69, 9.17) is 9.84 Å². The predicted molar refractivity (Wildman–Crippen MR) is 151 cm³/mol. The number of nitrogens with zero attached hydrogens (tertiary/aromatic N) is 6. The molecular weight excluding hydrogens is 490 g/mol. The van der Waals surface area contributed by atoms with Crippen molar-refractivity contribution in [1.29, 1.82) is 0 Å². The number of benzene rings is 1. The van der Waals surface area contributed by atoms with Gasteiger partial charge in [0.05, 0.1) is 41.4 Å². The van der Waals surface area contributed by atoms with Crippen LogP contribution in [-0.2, 0) is 24.1 Å². The number of likely N-dealkylation sites (tertiary alicyclic amines) is 1. The lowest BCUT2D eigenvalue weighted by Crippen LogP contribution is -2.52. The molecule has 0 saturated carbocycles. The second-order valence-corrected chi connectivity index (χ2v) is 10.2. The molecule has 6 rings (SSSR count). The zero-order chi connectivity index (χ0) is 26.9. The normalized spacial score (nSPS) is 14.2. The fourth-order valence-electron chi connectivity index (χ4n) is 5.30. The molecule has 0 bridgehead atoms. The van der Waals surface area contributed by atoms with Crippen molar-refractivity contribution in [2.75, 3.05) is 32.1 Å². The topological polar surface area (TPSA) is 89.6 Å². The third-order valence-corrected chi connectivity index (χ3v) is 7.48. The summed E-state index contributed by atoms with van der Waals surface area (Å²) in [7, 11) is 1.77. The van der Waals surface area contributed by atoms with Gasteiger partial charge in [0.15, 0.2) is 0 Å². The Morgan fingerprint density at radius 3 is 2.79 bits per heavy atom. The van der Waals surface area contributed by atoms with Crippen LogP contribution in [0.5, 0.6) is 0 Å². The number of aryl methyl sites for hydroxylation is 2. The Kier molecular flexibility index (Phi) is 6.85. The van der Waals surface area contributed by atoms with Crippen molar-refractivity contribution in [3.05, 3.63) is 89.3 Å². The zero-order valence-corrected chi connectivity index (χ0v) is 22.6. The molecule has 0 aliphatic carbocycles. The Labute approximate surface area is 227 Å². The summed E-state index contributed by atoms with van der Waals surface area (Å²) in [6, 6.07) is 16.1. The summed E-state index contributed by atoms with van der Waals surface area (Å²) in [4.78, 5) is 25.0. The molecule has 200 valence electrons. The van der Waals surface area contributed by atoms with Gasteiger partial charge in [0, 0.05) is 44.0 Å². The SMILES string of the molecule is CCc1nn(Cc2cccc(C)n2)c2cccc(NC(=O)c3cnc4cc(CCN5CC(OC)C5)ccn34)c12. The number of anilines is 1. The van der Waals surface area contributed by atoms with Crippen LogP contribution in [0.4, 0.5) is 5.69 Å². The summed E-state index contributed by atoms with van der Waals surface area (Å²) in [6.07, 6.45) is 5.62. The van der Waals surface area contributed by atoms with Gasteiger partial charge in [0.25, 0.3) is 5.91 Å². The molecule has 0 spiro atoms. The summed E-state index contributed by atoms with van der Waals surface area (Å²) in [5.41, 5.74) is 7.04. The van der Waals surface area contributed by atoms with Gasteiger partial charge in [-0.3, -0.25) is 23.8 Å². The molecule has 1 amide bonds. The summed E-state index contributed by atoms with van der Waals surface area (Å²) in [5, 5.41) is 8.96. The number of imidazole rings is 1. The molecular formula is C30H33N7O2. The zero-order valence-electron chi connectivity index (χ0n) is 22.6. The van der Waals surface area contributed by atoms with E-state index in [0.717, 1.165) is 71.8 Å². The van der Waals surface area contributed by atoms with E-state index in [9.17, 15) is 4.79 Å². The number of aromatic nitrogens is 5. The molecule has 5 aromatic rings. The molecule has 1 fully saturated rings. The fraction of sp³-hybridized carbons (Fsp3) is 0.333. The van der Waals surface area contributed by atoms with Crippen LogP contribution >= 0.6 is 0 Å². The summed E-state index contributed by atoms with van der Waals surface area (Å²) < 4.78 is 9.17. The summed E-state index contributed by atoms with van der Waals surface area (Å²) >= 11 is 0. The van der Waals surface area contributed by atoms with Gasteiger partial charge < -0.3 is 10.1 Å². The fourth-order valence-corrected chi connectivity index (χ4v) is 5.30. The van der Waals surface area contributed by atoms with Crippen LogP contribution in [0.15, 0.2) is 60.9 Å². The van der Waals surface area contributed by atoms with Crippen LogP contribution in [0, 0.1) is 6.92 Å². The smallest absolute Gasteiger partial charge is 0.274 e. The Morgan fingerprint density at radius 1 is 1.15 bits per heavy atom. The van der Waals surface area contributed by atoms with Crippen molar-refractivity contribution in [2.24, 2.45) is 0 Å². The number of rotatable bonds is 9. The minimum Gasteiger partial charge on any atom is -0.379 e. The van der Waals surface area contributed by atoms with Crippen LogP contribution in [0.2, 0.25) is 0 Å². The first-order valence-electron chi connectivity index (χ1n) is 13.5. The van der Waals surface area contributed by atoms with Crippen LogP contribution in [-0.4, -0.2) is 67.8 Å². The highest BCUT2D eigenvalue weighted by molar-refractivity contribution is 6.08. The number of fused-ring (bicyclic) bond motifs is 2. The van der Waals surface area contributed by atoms with E-state index in [1.54, 1.807) is 13.3 Å². The van der Waals surface area contributed by atoms with Crippen LogP contribution < -0.4 is 5.32 Å². The first kappa shape index (κ1) is 25.2. The van der Waals surface area contributed by atoms with Gasteiger partial charge in [-0.15, -0.1) is 0 Å². The van der Waals surface area contributed by atoms with Gasteiger partial charge in [-0.25, -0.2) is 4.98 Å². The number of methoxy groups -OCH3 is 1. The number of hydrogen-bond donors (Lipinski definition) is 1. The molecule has 39 heavy (non-hydrogen) atoms. The van der Waals surface area contributed by atoms with E-state index < -0.39 is 0 Å². The van der Waals surface area contributed by atoms with Crippen LogP contribution in [0.25, 0.3) is 16.6 Å². The van der Waals surface area contributed by atoms with E-state index in [2.05, 4.69) is 39.2 Å². The van der Waals surface area contributed by atoms with Gasteiger partial charge >= 0.3 is 0 Å². The van der Waals surface area contributed by atoms with Gasteiger partial charge in [0.1, 0.15) is 11.3 Å². The second kappa shape index (κ2) is 10.6. The Balaban J connectivity index is 1.22. The number of carbonyl (C=O) groups is 1. The van der Waals surface area contributed by atoms with E-state index in [1.165, 1.54) is 5.56 Å². The van der Waals surface area contributed by atoms with Gasteiger partial charge in [-0.2, -0.15) is 5.10 Å². The molecule has 9 heteroatoms. The van der Waals surface area contributed by atoms with E-state index in [1.807, 2.05) is 58.6 Å². The minimum atomic E-state index is -0.205. The van der Waals surface area contributed by atoms with Gasteiger partial charge in [-0.1, -0.05) is 19.1 Å². The highest BCUT2D eigenvalue weighted by Gasteiger charge is 2.25. The second-order valence-electron chi connectivity index (χ2n) is 10.2. The van der Waals surface area contributed by atoms with Gasteiger partial charge in [0.2, 0.25) is 0 Å². The van der Waals surface area contributed by atoms with Crippen molar-refractivity contribution < 1.29 is 9.53 Å². The highest BCUT2D eigenvalue weighted by atomic mass is 16.5. The summed E-state index contributed by atoms with van der Waals surface area (Å²) in [5.74, 6) is -0.205. The molecule has 1 saturated heterocycles. The van der Waals surface area contributed by atoms with Gasteiger partial charge in [-0.05, 0) is 61.7 Å². The third-order valence-electron chi connectivity index (χ3n) is 7.48. The molecule has 0 radical (unpaired) electrons. The van der Waals surface area contributed by atoms with Crippen molar-refractivity contribution in [2.45, 2.75) is 39.3 Å². The Morgan fingerprint density at radius 2 is 2.00 bits per heavy atom. The number of carbonyl (C=O) groups excluding carboxylic acids is 1. The lowest BCUT2D eigenvalue weighted by molar-refractivity contribution is -0.0284. The first-order valence-corrected chi connectivity index (χ1v) is 13.5. The standard InChI is InChI=1S/C30H33N7O2/c1-4-24-29-25(9-6-10-26(29)37(34-24)17-22-8-5-7-20(2)32-22)33-30(38)27-16-31-28-15-21(12-14-36(27)28)11-13-35-18-23(19-35)39-3/h5-10,12,14-16,23H,4,11,13,17-19H2,1-3H3,(H,33,38). The van der Waals surface area contributed by atoms with E-state index in [0.29, 0.717) is 18.3 Å². The summed E-state index contributed by atoms with van der Waals surface area (Å²) in [6.45, 7) is 7.59. The molecule has 5 heterocycles. The largest absolute Gasteiger partial charge is 0.379 e. The van der Waals surface area contributed by atoms with Crippen LogP contribution in [0.3, 0.4) is 0 Å². The highest BCUT2D eigenvalue weighted by Crippen LogP contribution is 2.28. The molecule has 1 N–H and O–H groups in total. The maximum atomic E-state index is 13.4. The average Bonchev–Trinajstić information content (AvgIpc) is 3.50. The van der Waals surface area contributed by atoms with Crippen molar-refractivity contribution in [3.63, 3.8) is 0 Å². The maximum absolute atomic E-state index is 13.4. The monoisotopic (exact) mass is 523 g/mol. The molecule has 0 unspecified atom stereocenters. The predicted octanol–water partition coefficient (Wildman–Crippen LogP) is 4.12. The molecule has 4 aromatic heterocycles. The Bertz CT molecular complexity index is 1650. The third kappa shape index (κ3) is 5.03. The number of ether oxygens (including phenoxy) is 1. The number of hydrogen-bond acceptors (Lipinski definition) is 6. The Hall–Kier alpha value is -4.08. The number of pyridine rings is 2. The lowest BCUT2D eigenvalue weighted by atomic mass is 10.1. The minimum absolute atomic E-state index is 0.205. The van der Waals surface area contributed by atoms with Crippen molar-refractivity contribution in [3.8, 4) is 0 Å².